The molecule has 1 heterocycles. The minimum absolute atomic E-state index is 0.178. The Morgan fingerprint density at radius 2 is 1.52 bits per heavy atom. The van der Waals surface area contributed by atoms with E-state index in [0.717, 1.165) is 0 Å². The summed E-state index contributed by atoms with van der Waals surface area (Å²) < 4.78 is 110. The lowest BCUT2D eigenvalue weighted by molar-refractivity contribution is -0.353. The molecule has 0 aliphatic carbocycles. The number of halogens is 8. The topological polar surface area (TPSA) is 41.6 Å². The first kappa shape index (κ1) is 19.9. The minimum Gasteiger partial charge on any atom is -0.379 e. The quantitative estimate of drug-likeness (QED) is 0.738. The van der Waals surface area contributed by atoms with Gasteiger partial charge < -0.3 is 10.1 Å². The summed E-state index contributed by atoms with van der Waals surface area (Å²) in [5.41, 5.74) is 0. The monoisotopic (exact) mass is 358 g/mol. The van der Waals surface area contributed by atoms with Gasteiger partial charge in [-0.3, -0.25) is 9.69 Å². The summed E-state index contributed by atoms with van der Waals surface area (Å²) in [5, 5.41) is 1.43. The van der Waals surface area contributed by atoms with Gasteiger partial charge in [0.15, 0.2) is 6.17 Å². The lowest BCUT2D eigenvalue weighted by Gasteiger charge is -2.42. The van der Waals surface area contributed by atoms with E-state index in [2.05, 4.69) is 0 Å². The minimum atomic E-state index is -6.39. The van der Waals surface area contributed by atoms with Gasteiger partial charge in [-0.25, -0.2) is 8.78 Å². The van der Waals surface area contributed by atoms with Crippen molar-refractivity contribution in [2.75, 3.05) is 26.3 Å². The fourth-order valence-corrected chi connectivity index (χ4v) is 1.97. The molecule has 1 atom stereocenters. The SMILES string of the molecule is CC(=O)N[C@H](N1CCOCC1)C(F)(F)C(F)(F)C(F)(F)C(F)F. The second-order valence-electron chi connectivity index (χ2n) is 4.87. The maximum absolute atomic E-state index is 14.0. The van der Waals surface area contributed by atoms with Crippen LogP contribution in [0.5, 0.6) is 0 Å². The third-order valence-corrected chi connectivity index (χ3v) is 3.21. The summed E-state index contributed by atoms with van der Waals surface area (Å²) in [6.45, 7) is -0.410. The van der Waals surface area contributed by atoms with Gasteiger partial charge in [0.05, 0.1) is 13.2 Å². The van der Waals surface area contributed by atoms with Crippen LogP contribution in [0, 0.1) is 0 Å². The van der Waals surface area contributed by atoms with Crippen LogP contribution in [0.3, 0.4) is 0 Å². The number of carbonyl (C=O) groups is 1. The Hall–Kier alpha value is -1.17. The molecule has 12 heteroatoms. The van der Waals surface area contributed by atoms with Gasteiger partial charge >= 0.3 is 24.2 Å². The molecule has 1 amide bonds. The number of ether oxygens (including phenoxy) is 1. The van der Waals surface area contributed by atoms with Crippen molar-refractivity contribution in [3.8, 4) is 0 Å². The second kappa shape index (κ2) is 6.75. The highest BCUT2D eigenvalue weighted by Gasteiger charge is 2.78. The van der Waals surface area contributed by atoms with Gasteiger partial charge in [0.1, 0.15) is 0 Å². The predicted molar refractivity (Wildman–Crippen MR) is 60.8 cm³/mol. The third-order valence-electron chi connectivity index (χ3n) is 3.21. The van der Waals surface area contributed by atoms with Crippen LogP contribution < -0.4 is 5.32 Å². The largest absolute Gasteiger partial charge is 0.381 e. The third kappa shape index (κ3) is 3.67. The molecule has 0 aromatic carbocycles. The number of amides is 1. The van der Waals surface area contributed by atoms with Crippen molar-refractivity contribution < 1.29 is 44.7 Å². The summed E-state index contributed by atoms with van der Waals surface area (Å²) in [7, 11) is 0. The van der Waals surface area contributed by atoms with Crippen molar-refractivity contribution in [3.63, 3.8) is 0 Å². The summed E-state index contributed by atoms with van der Waals surface area (Å²) in [6, 6.07) is 0. The van der Waals surface area contributed by atoms with E-state index in [9.17, 15) is 39.9 Å². The van der Waals surface area contributed by atoms with Crippen LogP contribution in [0.2, 0.25) is 0 Å². The van der Waals surface area contributed by atoms with E-state index in [1.165, 1.54) is 5.32 Å². The molecular formula is C11H14F8N2O2. The smallest absolute Gasteiger partial charge is 0.379 e. The van der Waals surface area contributed by atoms with Crippen LogP contribution >= 0.6 is 0 Å². The maximum Gasteiger partial charge on any atom is 0.381 e. The lowest BCUT2D eigenvalue weighted by atomic mass is 10.0. The number of carbonyl (C=O) groups excluding carboxylic acids is 1. The van der Waals surface area contributed by atoms with Gasteiger partial charge in [-0.05, 0) is 0 Å². The van der Waals surface area contributed by atoms with Gasteiger partial charge in [0, 0.05) is 20.0 Å². The molecule has 0 unspecified atom stereocenters. The van der Waals surface area contributed by atoms with Gasteiger partial charge in [-0.15, -0.1) is 0 Å². The Kier molecular flexibility index (Phi) is 5.83. The number of alkyl halides is 8. The molecule has 1 saturated heterocycles. The molecule has 1 aliphatic heterocycles. The summed E-state index contributed by atoms with van der Waals surface area (Å²) in [5.74, 6) is -19.5. The first-order valence-corrected chi connectivity index (χ1v) is 6.36. The van der Waals surface area contributed by atoms with Crippen LogP contribution in [0.25, 0.3) is 0 Å². The predicted octanol–water partition coefficient (Wildman–Crippen LogP) is 1.95. The van der Waals surface area contributed by atoms with Crippen LogP contribution in [0.4, 0.5) is 35.1 Å². The van der Waals surface area contributed by atoms with Crippen LogP contribution in [-0.2, 0) is 9.53 Å². The van der Waals surface area contributed by atoms with Gasteiger partial charge in [-0.1, -0.05) is 0 Å². The van der Waals surface area contributed by atoms with E-state index in [1.54, 1.807) is 0 Å². The van der Waals surface area contributed by atoms with Crippen LogP contribution in [0.15, 0.2) is 0 Å². The number of morpholine rings is 1. The normalized spacial score (nSPS) is 19.7. The lowest BCUT2D eigenvalue weighted by Crippen LogP contribution is -2.70. The zero-order valence-electron chi connectivity index (χ0n) is 11.8. The van der Waals surface area contributed by atoms with Gasteiger partial charge in [0.25, 0.3) is 0 Å². The fourth-order valence-electron chi connectivity index (χ4n) is 1.97. The van der Waals surface area contributed by atoms with E-state index in [0.29, 0.717) is 11.8 Å². The molecule has 0 saturated carbocycles. The Labute approximate surface area is 125 Å². The molecule has 1 aliphatic rings. The first-order chi connectivity index (χ1) is 10.4. The Morgan fingerprint density at radius 1 is 1.04 bits per heavy atom. The van der Waals surface area contributed by atoms with E-state index < -0.39 is 36.3 Å². The zero-order chi connectivity index (χ0) is 18.1. The molecule has 1 N–H and O–H groups in total. The molecule has 1 rings (SSSR count). The fraction of sp³-hybridized carbons (Fsp3) is 0.909. The Bertz CT molecular complexity index is 426. The average molecular weight is 358 g/mol. The molecule has 136 valence electrons. The standard InChI is InChI=1S/C11H14F8N2O2/c1-6(22)20-8(21-2-4-23-5-3-21)10(16,17)11(18,19)9(14,15)7(12)13/h7-8H,2-5H2,1H3,(H,20,22)/t8-/m1/s1. The second-order valence-corrected chi connectivity index (χ2v) is 4.87. The van der Waals surface area contributed by atoms with E-state index in [4.69, 9.17) is 4.74 Å². The number of hydrogen-bond acceptors (Lipinski definition) is 3. The van der Waals surface area contributed by atoms with E-state index >= 15 is 0 Å². The number of hydrogen-bond donors (Lipinski definition) is 1. The molecule has 4 nitrogen and oxygen atoms in total. The molecular weight excluding hydrogens is 344 g/mol. The molecule has 1 fully saturated rings. The highest BCUT2D eigenvalue weighted by atomic mass is 19.4. The highest BCUT2D eigenvalue weighted by Crippen LogP contribution is 2.50. The molecule has 0 radical (unpaired) electrons. The zero-order valence-corrected chi connectivity index (χ0v) is 11.8. The van der Waals surface area contributed by atoms with Crippen molar-refractivity contribution in [1.29, 1.82) is 0 Å². The number of nitrogens with zero attached hydrogens (tertiary/aromatic N) is 1. The summed E-state index contributed by atoms with van der Waals surface area (Å²) >= 11 is 0. The molecule has 23 heavy (non-hydrogen) atoms. The van der Waals surface area contributed by atoms with Crippen molar-refractivity contribution >= 4 is 5.91 Å². The average Bonchev–Trinajstić information content (AvgIpc) is 2.44. The maximum atomic E-state index is 14.0. The Balaban J connectivity index is 3.22. The van der Waals surface area contributed by atoms with Gasteiger partial charge in [-0.2, -0.15) is 26.3 Å². The van der Waals surface area contributed by atoms with Crippen LogP contribution in [0.1, 0.15) is 6.92 Å². The Morgan fingerprint density at radius 3 is 1.91 bits per heavy atom. The summed E-state index contributed by atoms with van der Waals surface area (Å²) in [4.78, 5) is 11.5. The van der Waals surface area contributed by atoms with Crippen molar-refractivity contribution in [3.05, 3.63) is 0 Å². The van der Waals surface area contributed by atoms with E-state index in [-0.39, 0.29) is 26.3 Å². The van der Waals surface area contributed by atoms with Crippen molar-refractivity contribution in [2.24, 2.45) is 0 Å². The number of nitrogens with one attached hydrogen (secondary N) is 1. The highest BCUT2D eigenvalue weighted by molar-refractivity contribution is 5.73. The molecule has 0 spiro atoms. The molecule has 0 aromatic heterocycles. The van der Waals surface area contributed by atoms with Gasteiger partial charge in [0.2, 0.25) is 5.91 Å². The van der Waals surface area contributed by atoms with Crippen molar-refractivity contribution in [1.82, 2.24) is 10.2 Å². The molecule has 0 bridgehead atoms. The number of rotatable bonds is 6. The summed E-state index contributed by atoms with van der Waals surface area (Å²) in [6.07, 6.45) is -7.89. The first-order valence-electron chi connectivity index (χ1n) is 6.36. The van der Waals surface area contributed by atoms with E-state index in [1.807, 2.05) is 0 Å². The molecule has 0 aromatic rings. The van der Waals surface area contributed by atoms with Crippen LogP contribution in [-0.4, -0.2) is 67.5 Å². The van der Waals surface area contributed by atoms with Crippen molar-refractivity contribution in [2.45, 2.75) is 37.3 Å².